The SMILES string of the molecule is O=C1C2=C3C4Sc5cc(Br)ccc5C4C=CN3C(=O)C2=C2c3sc4cc(Br)ccc4c3C=CN12. The van der Waals surface area contributed by atoms with Gasteiger partial charge in [0.15, 0.2) is 0 Å². The fraction of sp³-hybridized carbons (Fsp3) is 0.0769. The zero-order valence-corrected chi connectivity index (χ0v) is 22.0. The molecule has 2 amide bonds. The van der Waals surface area contributed by atoms with E-state index >= 15 is 0 Å². The predicted molar refractivity (Wildman–Crippen MR) is 142 cm³/mol. The first-order valence-electron chi connectivity index (χ1n) is 10.7. The van der Waals surface area contributed by atoms with Gasteiger partial charge >= 0.3 is 0 Å². The van der Waals surface area contributed by atoms with Gasteiger partial charge in [0.2, 0.25) is 0 Å². The van der Waals surface area contributed by atoms with Crippen LogP contribution in [0.3, 0.4) is 0 Å². The van der Waals surface area contributed by atoms with Crippen LogP contribution in [0.5, 0.6) is 0 Å². The lowest BCUT2D eigenvalue weighted by atomic mass is 9.90. The Kier molecular flexibility index (Phi) is 3.88. The molecule has 0 saturated heterocycles. The normalized spacial score (nSPS) is 23.6. The summed E-state index contributed by atoms with van der Waals surface area (Å²) in [6.07, 6.45) is 7.81. The number of hydrogen-bond acceptors (Lipinski definition) is 4. The van der Waals surface area contributed by atoms with Gasteiger partial charge in [0.1, 0.15) is 0 Å². The summed E-state index contributed by atoms with van der Waals surface area (Å²) in [4.78, 5) is 33.1. The molecule has 2 unspecified atom stereocenters. The average Bonchev–Trinajstić information content (AvgIpc) is 3.52. The van der Waals surface area contributed by atoms with Gasteiger partial charge in [-0.05, 0) is 35.9 Å². The fourth-order valence-electron chi connectivity index (χ4n) is 5.61. The van der Waals surface area contributed by atoms with Crippen LogP contribution in [0.4, 0.5) is 0 Å². The third-order valence-electron chi connectivity index (χ3n) is 7.03. The highest BCUT2D eigenvalue weighted by molar-refractivity contribution is 9.10. The molecule has 5 aliphatic rings. The topological polar surface area (TPSA) is 40.6 Å². The Morgan fingerprint density at radius 1 is 0.882 bits per heavy atom. The molecule has 8 heteroatoms. The van der Waals surface area contributed by atoms with Gasteiger partial charge in [0.05, 0.1) is 32.7 Å². The Morgan fingerprint density at radius 2 is 1.68 bits per heavy atom. The summed E-state index contributed by atoms with van der Waals surface area (Å²) in [7, 11) is 0. The average molecular weight is 608 g/mol. The van der Waals surface area contributed by atoms with Crippen molar-refractivity contribution < 1.29 is 9.59 Å². The minimum atomic E-state index is -0.108. The Balaban J connectivity index is 1.37. The number of amides is 2. The van der Waals surface area contributed by atoms with Gasteiger partial charge in [0.25, 0.3) is 11.8 Å². The van der Waals surface area contributed by atoms with Crippen LogP contribution in [0, 0.1) is 0 Å². The molecule has 0 saturated carbocycles. The first kappa shape index (κ1) is 19.9. The summed E-state index contributed by atoms with van der Waals surface area (Å²) in [6, 6.07) is 12.5. The third kappa shape index (κ3) is 2.35. The summed E-state index contributed by atoms with van der Waals surface area (Å²) in [5.41, 5.74) is 4.99. The number of allylic oxidation sites excluding steroid dienone is 1. The number of nitrogens with zero attached hydrogens (tertiary/aromatic N) is 2. The summed E-state index contributed by atoms with van der Waals surface area (Å²) in [5, 5.41) is 1.13. The maximum atomic E-state index is 13.8. The molecule has 1 aromatic heterocycles. The van der Waals surface area contributed by atoms with Crippen LogP contribution in [-0.4, -0.2) is 26.9 Å². The Hall–Kier alpha value is -2.39. The zero-order valence-electron chi connectivity index (χ0n) is 17.2. The highest BCUT2D eigenvalue weighted by atomic mass is 79.9. The second kappa shape index (κ2) is 6.63. The summed E-state index contributed by atoms with van der Waals surface area (Å²) in [6.45, 7) is 0. The summed E-state index contributed by atoms with van der Waals surface area (Å²) >= 11 is 10.5. The van der Waals surface area contributed by atoms with E-state index in [9.17, 15) is 9.59 Å². The van der Waals surface area contributed by atoms with Crippen LogP contribution in [0.1, 0.15) is 21.9 Å². The lowest BCUT2D eigenvalue weighted by Crippen LogP contribution is -2.33. The van der Waals surface area contributed by atoms with E-state index in [2.05, 4.69) is 68.3 Å². The molecule has 0 N–H and O–H groups in total. The fourth-order valence-corrected chi connectivity index (χ4v) is 9.45. The molecule has 2 atom stereocenters. The maximum Gasteiger partial charge on any atom is 0.265 e. The molecule has 0 spiro atoms. The largest absolute Gasteiger partial charge is 0.286 e. The standard InChI is InChI=1S/C26H12Br2N2O2S2/c27-11-1-3-13-15-5-7-29-21(23(15)33-17(13)9-11)19-20(26(29)32)22-24-16(6-8-30(22)25(19)31)14-4-2-12(28)10-18(14)34-24/h1-10,15,23H. The maximum absolute atomic E-state index is 13.8. The second-order valence-corrected chi connectivity index (χ2v) is 12.8. The number of fused-ring (bicyclic) bond motifs is 11. The third-order valence-corrected chi connectivity index (χ3v) is 10.6. The van der Waals surface area contributed by atoms with Crippen molar-refractivity contribution in [2.45, 2.75) is 16.1 Å². The van der Waals surface area contributed by atoms with Gasteiger partial charge in [-0.2, -0.15) is 0 Å². The number of thioether (sulfide) groups is 1. The van der Waals surface area contributed by atoms with Gasteiger partial charge in [-0.25, -0.2) is 0 Å². The molecular weight excluding hydrogens is 596 g/mol. The van der Waals surface area contributed by atoms with Crippen LogP contribution >= 0.6 is 55.0 Å². The number of carbonyl (C=O) groups is 2. The van der Waals surface area contributed by atoms with Crippen molar-refractivity contribution in [3.63, 3.8) is 0 Å². The molecule has 8 rings (SSSR count). The molecule has 0 fully saturated rings. The smallest absolute Gasteiger partial charge is 0.265 e. The predicted octanol–water partition coefficient (Wildman–Crippen LogP) is 6.85. The number of carbonyl (C=O) groups excluding carboxylic acids is 2. The number of halogens is 2. The van der Waals surface area contributed by atoms with Crippen molar-refractivity contribution in [2.75, 3.05) is 0 Å². The van der Waals surface area contributed by atoms with E-state index in [-0.39, 0.29) is 23.0 Å². The quantitative estimate of drug-likeness (QED) is 0.281. The molecule has 34 heavy (non-hydrogen) atoms. The van der Waals surface area contributed by atoms with Crippen LogP contribution in [0.2, 0.25) is 0 Å². The molecule has 0 aliphatic carbocycles. The number of benzene rings is 2. The molecule has 2 aromatic carbocycles. The van der Waals surface area contributed by atoms with Crippen LogP contribution in [-0.2, 0) is 9.59 Å². The van der Waals surface area contributed by atoms with E-state index in [1.807, 2.05) is 24.5 Å². The second-order valence-electron chi connectivity index (χ2n) is 8.72. The monoisotopic (exact) mass is 606 g/mol. The molecule has 164 valence electrons. The highest BCUT2D eigenvalue weighted by Crippen LogP contribution is 2.58. The number of rotatable bonds is 0. The lowest BCUT2D eigenvalue weighted by Gasteiger charge is -2.30. The molecule has 0 radical (unpaired) electrons. The van der Waals surface area contributed by atoms with Crippen molar-refractivity contribution in [3.05, 3.63) is 96.7 Å². The van der Waals surface area contributed by atoms with E-state index in [1.54, 1.807) is 32.9 Å². The lowest BCUT2D eigenvalue weighted by molar-refractivity contribution is -0.122. The van der Waals surface area contributed by atoms with Gasteiger partial charge in [-0.15, -0.1) is 23.1 Å². The molecule has 6 heterocycles. The van der Waals surface area contributed by atoms with E-state index in [1.165, 1.54) is 10.5 Å². The van der Waals surface area contributed by atoms with Gasteiger partial charge in [0, 0.05) is 47.8 Å². The molecule has 5 aliphatic heterocycles. The molecule has 3 aromatic rings. The van der Waals surface area contributed by atoms with Crippen LogP contribution in [0.25, 0.3) is 21.9 Å². The summed E-state index contributed by atoms with van der Waals surface area (Å²) in [5.74, 6) is -0.0754. The minimum absolute atomic E-state index is 0.00142. The first-order chi connectivity index (χ1) is 16.5. The Morgan fingerprint density at radius 3 is 2.56 bits per heavy atom. The molecule has 4 nitrogen and oxygen atoms in total. The Labute approximate surface area is 219 Å². The number of thiophene rings is 1. The number of hydrogen-bond donors (Lipinski definition) is 0. The van der Waals surface area contributed by atoms with Crippen molar-refractivity contribution in [1.29, 1.82) is 0 Å². The highest BCUT2D eigenvalue weighted by Gasteiger charge is 2.54. The molecule has 0 bridgehead atoms. The van der Waals surface area contributed by atoms with Crippen molar-refractivity contribution in [1.82, 2.24) is 9.80 Å². The Bertz CT molecular complexity index is 1680. The summed E-state index contributed by atoms with van der Waals surface area (Å²) < 4.78 is 3.17. The van der Waals surface area contributed by atoms with Crippen LogP contribution < -0.4 is 0 Å². The van der Waals surface area contributed by atoms with Gasteiger partial charge in [-0.3, -0.25) is 19.4 Å². The van der Waals surface area contributed by atoms with Gasteiger partial charge in [-0.1, -0.05) is 50.1 Å². The van der Waals surface area contributed by atoms with Gasteiger partial charge < -0.3 is 0 Å². The van der Waals surface area contributed by atoms with E-state index in [0.717, 1.165) is 40.9 Å². The first-order valence-corrected chi connectivity index (χ1v) is 14.0. The van der Waals surface area contributed by atoms with Crippen molar-refractivity contribution in [3.8, 4) is 0 Å². The van der Waals surface area contributed by atoms with Crippen molar-refractivity contribution in [2.24, 2.45) is 0 Å². The molecular formula is C26H12Br2N2O2S2. The van der Waals surface area contributed by atoms with Crippen molar-refractivity contribution >= 4 is 88.6 Å². The van der Waals surface area contributed by atoms with E-state index in [4.69, 9.17) is 0 Å². The van der Waals surface area contributed by atoms with Crippen LogP contribution in [0.15, 0.2) is 85.6 Å². The zero-order chi connectivity index (χ0) is 22.9. The van der Waals surface area contributed by atoms with E-state index in [0.29, 0.717) is 11.1 Å². The van der Waals surface area contributed by atoms with E-state index < -0.39 is 0 Å². The minimum Gasteiger partial charge on any atom is -0.286 e.